The zero-order chi connectivity index (χ0) is 28.9. The van der Waals surface area contributed by atoms with Crippen molar-refractivity contribution in [1.29, 1.82) is 0 Å². The molecule has 1 saturated heterocycles. The van der Waals surface area contributed by atoms with Crippen LogP contribution in [-0.4, -0.2) is 74.6 Å². The van der Waals surface area contributed by atoms with E-state index in [1.165, 1.54) is 24.1 Å². The number of aromatic nitrogens is 1. The summed E-state index contributed by atoms with van der Waals surface area (Å²) in [5, 5.41) is -0.283. The van der Waals surface area contributed by atoms with Crippen molar-refractivity contribution in [2.75, 3.05) is 38.2 Å². The summed E-state index contributed by atoms with van der Waals surface area (Å²) in [6.45, 7) is -0.786. The molecule has 0 atom stereocenters. The second kappa shape index (κ2) is 9.93. The number of ketones is 1. The molecule has 0 aliphatic carbocycles. The SMILES string of the molecule is COc1ccc(S(=O)(=O)n2cc(C(=O)C(F)(F)F)c3ccc(Cl)cc32)cc1N1CCN(C(=O)C(F)(F)F)CC1. The lowest BCUT2D eigenvalue weighted by molar-refractivity contribution is -0.185. The maximum absolute atomic E-state index is 13.6. The number of rotatable bonds is 5. The molecule has 0 unspecified atom stereocenters. The zero-order valence-corrected chi connectivity index (χ0v) is 21.4. The number of nitrogens with zero attached hydrogens (tertiary/aromatic N) is 3. The van der Waals surface area contributed by atoms with Crippen LogP contribution in [0.15, 0.2) is 47.5 Å². The zero-order valence-electron chi connectivity index (χ0n) is 19.8. The van der Waals surface area contributed by atoms with Crippen LogP contribution in [0.1, 0.15) is 10.4 Å². The third-order valence-corrected chi connectivity index (χ3v) is 8.00. The largest absolute Gasteiger partial charge is 0.495 e. The van der Waals surface area contributed by atoms with Gasteiger partial charge in [-0.15, -0.1) is 0 Å². The van der Waals surface area contributed by atoms with E-state index in [2.05, 4.69) is 0 Å². The van der Waals surface area contributed by atoms with Crippen molar-refractivity contribution >= 4 is 49.9 Å². The fourth-order valence-electron chi connectivity index (χ4n) is 4.22. The third-order valence-electron chi connectivity index (χ3n) is 6.09. The van der Waals surface area contributed by atoms with Gasteiger partial charge >= 0.3 is 18.3 Å². The van der Waals surface area contributed by atoms with Crippen LogP contribution in [0.5, 0.6) is 5.75 Å². The minimum atomic E-state index is -5.27. The number of hydrogen-bond donors (Lipinski definition) is 0. The molecule has 1 aliphatic rings. The van der Waals surface area contributed by atoms with E-state index in [9.17, 15) is 44.3 Å². The van der Waals surface area contributed by atoms with Gasteiger partial charge in [0.2, 0.25) is 0 Å². The van der Waals surface area contributed by atoms with Gasteiger partial charge in [-0.2, -0.15) is 26.3 Å². The minimum Gasteiger partial charge on any atom is -0.495 e. The number of benzene rings is 2. The summed E-state index contributed by atoms with van der Waals surface area (Å²) in [5.74, 6) is -4.07. The predicted molar refractivity (Wildman–Crippen MR) is 128 cm³/mol. The average Bonchev–Trinajstić information content (AvgIpc) is 3.25. The van der Waals surface area contributed by atoms with Gasteiger partial charge in [-0.05, 0) is 30.3 Å². The van der Waals surface area contributed by atoms with E-state index in [0.29, 0.717) is 15.1 Å². The molecule has 2 aromatic carbocycles. The van der Waals surface area contributed by atoms with Crippen molar-refractivity contribution in [2.45, 2.75) is 17.2 Å². The summed E-state index contributed by atoms with van der Waals surface area (Å²) in [4.78, 5) is 25.3. The van der Waals surface area contributed by atoms with E-state index in [1.807, 2.05) is 0 Å². The number of ether oxygens (including phenoxy) is 1. The number of carbonyl (C=O) groups excluding carboxylic acids is 2. The Morgan fingerprint density at radius 1 is 0.923 bits per heavy atom. The highest BCUT2D eigenvalue weighted by atomic mass is 35.5. The molecule has 4 rings (SSSR count). The van der Waals surface area contributed by atoms with E-state index in [-0.39, 0.29) is 53.5 Å². The maximum Gasteiger partial charge on any atom is 0.471 e. The molecule has 210 valence electrons. The molecule has 8 nitrogen and oxygen atoms in total. The summed E-state index contributed by atoms with van der Waals surface area (Å²) in [5.41, 5.74) is -0.998. The number of hydrogen-bond acceptors (Lipinski definition) is 6. The Balaban J connectivity index is 1.75. The molecule has 39 heavy (non-hydrogen) atoms. The fraction of sp³-hybridized carbons (Fsp3) is 0.304. The number of halogens is 7. The topological polar surface area (TPSA) is 88.9 Å². The predicted octanol–water partition coefficient (Wildman–Crippen LogP) is 4.50. The van der Waals surface area contributed by atoms with Crippen LogP contribution in [0.2, 0.25) is 5.02 Å². The number of Topliss-reactive ketones (excluding diaryl/α,β-unsaturated/α-hetero) is 1. The summed E-state index contributed by atoms with van der Waals surface area (Å²) < 4.78 is 111. The Hall–Kier alpha value is -3.46. The number of carbonyl (C=O) groups is 2. The van der Waals surface area contributed by atoms with Crippen LogP contribution >= 0.6 is 11.6 Å². The molecule has 0 bridgehead atoms. The molecule has 1 fully saturated rings. The van der Waals surface area contributed by atoms with Gasteiger partial charge in [0.15, 0.2) is 0 Å². The highest BCUT2D eigenvalue weighted by Crippen LogP contribution is 2.36. The number of alkyl halides is 6. The van der Waals surface area contributed by atoms with E-state index in [1.54, 1.807) is 0 Å². The van der Waals surface area contributed by atoms with Crippen LogP contribution in [0.4, 0.5) is 32.0 Å². The molecule has 0 saturated carbocycles. The maximum atomic E-state index is 13.6. The summed E-state index contributed by atoms with van der Waals surface area (Å²) in [6, 6.07) is 6.96. The molecule has 0 N–H and O–H groups in total. The Kier molecular flexibility index (Phi) is 7.27. The van der Waals surface area contributed by atoms with Crippen LogP contribution in [0.25, 0.3) is 10.9 Å². The molecule has 2 heterocycles. The van der Waals surface area contributed by atoms with Gasteiger partial charge < -0.3 is 14.5 Å². The Morgan fingerprint density at radius 3 is 2.13 bits per heavy atom. The van der Waals surface area contributed by atoms with E-state index in [4.69, 9.17) is 16.3 Å². The number of methoxy groups -OCH3 is 1. The van der Waals surface area contributed by atoms with Gasteiger partial charge in [0, 0.05) is 42.8 Å². The lowest BCUT2D eigenvalue weighted by Gasteiger charge is -2.36. The molecule has 1 aromatic heterocycles. The molecule has 3 aromatic rings. The Bertz CT molecular complexity index is 1560. The highest BCUT2D eigenvalue weighted by molar-refractivity contribution is 7.90. The Morgan fingerprint density at radius 2 is 1.56 bits per heavy atom. The molecule has 0 radical (unpaired) electrons. The molecule has 1 aliphatic heterocycles. The second-order valence-electron chi connectivity index (χ2n) is 8.44. The van der Waals surface area contributed by atoms with Gasteiger partial charge in [0.05, 0.1) is 28.8 Å². The quantitative estimate of drug-likeness (QED) is 0.318. The van der Waals surface area contributed by atoms with Crippen molar-refractivity contribution in [1.82, 2.24) is 8.87 Å². The number of fused-ring (bicyclic) bond motifs is 1. The first-order valence-electron chi connectivity index (χ1n) is 11.0. The van der Waals surface area contributed by atoms with E-state index < -0.39 is 44.5 Å². The van der Waals surface area contributed by atoms with Gasteiger partial charge in [-0.3, -0.25) is 9.59 Å². The lowest BCUT2D eigenvalue weighted by Crippen LogP contribution is -2.52. The highest BCUT2D eigenvalue weighted by Gasteiger charge is 2.44. The van der Waals surface area contributed by atoms with Crippen LogP contribution in [0.3, 0.4) is 0 Å². The molecular weight excluding hydrogens is 580 g/mol. The summed E-state index contributed by atoms with van der Waals surface area (Å²) in [6.07, 6.45) is -9.74. The van der Waals surface area contributed by atoms with Crippen molar-refractivity contribution in [3.05, 3.63) is 53.2 Å². The smallest absolute Gasteiger partial charge is 0.471 e. The van der Waals surface area contributed by atoms with E-state index in [0.717, 1.165) is 24.3 Å². The van der Waals surface area contributed by atoms with Crippen LogP contribution in [0, 0.1) is 0 Å². The number of anilines is 1. The second-order valence-corrected chi connectivity index (χ2v) is 10.7. The monoisotopic (exact) mass is 597 g/mol. The summed E-state index contributed by atoms with van der Waals surface area (Å²) in [7, 11) is -3.34. The first-order chi connectivity index (χ1) is 18.1. The first-order valence-corrected chi connectivity index (χ1v) is 12.8. The minimum absolute atomic E-state index is 0.00440. The number of piperazine rings is 1. The van der Waals surface area contributed by atoms with Gasteiger partial charge in [-0.25, -0.2) is 12.4 Å². The van der Waals surface area contributed by atoms with Gasteiger partial charge in [0.1, 0.15) is 5.75 Å². The molecular formula is C23H18ClF6N3O5S. The standard InChI is InChI=1S/C23H18ClF6N3O5S/c1-38-19-5-3-14(11-18(19)31-6-8-32(9-7-31)21(35)23(28,29)30)39(36,37)33-12-16(20(34)22(25,26)27)15-4-2-13(24)10-17(15)33/h2-5,10-12H,6-9H2,1H3. The third kappa shape index (κ3) is 5.37. The normalized spacial score (nSPS) is 15.1. The van der Waals surface area contributed by atoms with Crippen molar-refractivity contribution in [2.24, 2.45) is 0 Å². The van der Waals surface area contributed by atoms with Gasteiger partial charge in [0.25, 0.3) is 15.8 Å². The molecule has 0 spiro atoms. The number of amides is 1. The lowest BCUT2D eigenvalue weighted by atomic mass is 10.1. The Labute approximate surface area is 222 Å². The molecule has 16 heteroatoms. The van der Waals surface area contributed by atoms with E-state index >= 15 is 0 Å². The van der Waals surface area contributed by atoms with Crippen molar-refractivity contribution < 1.29 is 49.1 Å². The summed E-state index contributed by atoms with van der Waals surface area (Å²) >= 11 is 5.96. The van der Waals surface area contributed by atoms with Crippen LogP contribution in [-0.2, 0) is 14.8 Å². The fourth-order valence-corrected chi connectivity index (χ4v) is 5.77. The van der Waals surface area contributed by atoms with Gasteiger partial charge in [-0.1, -0.05) is 17.7 Å². The molecule has 1 amide bonds. The first kappa shape index (κ1) is 28.5. The average molecular weight is 598 g/mol. The van der Waals surface area contributed by atoms with Crippen molar-refractivity contribution in [3.8, 4) is 5.75 Å². The van der Waals surface area contributed by atoms with Crippen LogP contribution < -0.4 is 9.64 Å². The van der Waals surface area contributed by atoms with Crippen molar-refractivity contribution in [3.63, 3.8) is 0 Å².